The highest BCUT2D eigenvalue weighted by Crippen LogP contribution is 2.27. The second kappa shape index (κ2) is 9.50. The summed E-state index contributed by atoms with van der Waals surface area (Å²) < 4.78 is 11.1. The van der Waals surface area contributed by atoms with E-state index in [2.05, 4.69) is 27.1 Å². The van der Waals surface area contributed by atoms with Gasteiger partial charge in [0.05, 0.1) is 32.0 Å². The third kappa shape index (κ3) is 4.59. The summed E-state index contributed by atoms with van der Waals surface area (Å²) in [7, 11) is 1.61. The van der Waals surface area contributed by atoms with E-state index in [0.29, 0.717) is 25.6 Å². The van der Waals surface area contributed by atoms with Gasteiger partial charge in [-0.1, -0.05) is 25.1 Å². The van der Waals surface area contributed by atoms with Crippen molar-refractivity contribution >= 4 is 5.91 Å². The monoisotopic (exact) mass is 384 g/mol. The molecule has 0 aliphatic carbocycles. The van der Waals surface area contributed by atoms with Gasteiger partial charge in [0.25, 0.3) is 0 Å². The number of hydrogen-bond donors (Lipinski definition) is 1. The summed E-state index contributed by atoms with van der Waals surface area (Å²) in [5.41, 5.74) is 2.98. The number of benzene rings is 1. The van der Waals surface area contributed by atoms with Crippen molar-refractivity contribution in [3.63, 3.8) is 0 Å². The molecule has 1 N–H and O–H groups in total. The Hall–Kier alpha value is -2.67. The van der Waals surface area contributed by atoms with Crippen LogP contribution in [0.15, 0.2) is 30.6 Å². The minimum Gasteiger partial charge on any atom is -0.494 e. The van der Waals surface area contributed by atoms with Crippen molar-refractivity contribution in [2.45, 2.75) is 39.3 Å². The number of para-hydroxylation sites is 1. The van der Waals surface area contributed by atoms with Crippen LogP contribution in [0.3, 0.4) is 0 Å². The van der Waals surface area contributed by atoms with Crippen LogP contribution in [0.1, 0.15) is 43.1 Å². The Morgan fingerprint density at radius 3 is 2.86 bits per heavy atom. The summed E-state index contributed by atoms with van der Waals surface area (Å²) in [4.78, 5) is 23.4. The fourth-order valence-corrected chi connectivity index (χ4v) is 3.58. The Balaban J connectivity index is 1.65. The molecule has 1 unspecified atom stereocenters. The van der Waals surface area contributed by atoms with Crippen LogP contribution in [0, 0.1) is 0 Å². The van der Waals surface area contributed by atoms with Gasteiger partial charge in [-0.3, -0.25) is 9.69 Å². The number of carbonyl (C=O) groups excluding carboxylic acids is 1. The molecule has 1 aliphatic rings. The first-order valence-corrected chi connectivity index (χ1v) is 9.76. The molecule has 2 aromatic rings. The van der Waals surface area contributed by atoms with E-state index in [1.54, 1.807) is 7.11 Å². The van der Waals surface area contributed by atoms with Gasteiger partial charge in [-0.05, 0) is 19.4 Å². The van der Waals surface area contributed by atoms with E-state index < -0.39 is 0 Å². The maximum atomic E-state index is 12.7. The third-order valence-corrected chi connectivity index (χ3v) is 4.94. The van der Waals surface area contributed by atoms with Gasteiger partial charge < -0.3 is 14.8 Å². The zero-order chi connectivity index (χ0) is 19.9. The smallest absolute Gasteiger partial charge is 0.234 e. The normalized spacial score (nSPS) is 14.8. The van der Waals surface area contributed by atoms with Gasteiger partial charge in [0.2, 0.25) is 11.8 Å². The molecule has 0 fully saturated rings. The Kier molecular flexibility index (Phi) is 6.81. The lowest BCUT2D eigenvalue weighted by Gasteiger charge is -2.29. The summed E-state index contributed by atoms with van der Waals surface area (Å²) in [6.07, 6.45) is 3.11. The number of hydrogen-bond acceptors (Lipinski definition) is 6. The molecule has 7 nitrogen and oxygen atoms in total. The number of methoxy groups -OCH3 is 1. The fraction of sp³-hybridized carbons (Fsp3) is 0.476. The topological polar surface area (TPSA) is 76.6 Å². The molecule has 3 rings (SSSR count). The number of carbonyl (C=O) groups is 1. The number of rotatable bonds is 8. The van der Waals surface area contributed by atoms with E-state index in [1.807, 2.05) is 31.2 Å². The molecule has 1 atom stereocenters. The Morgan fingerprint density at radius 1 is 1.29 bits per heavy atom. The van der Waals surface area contributed by atoms with Crippen LogP contribution in [-0.2, 0) is 17.8 Å². The van der Waals surface area contributed by atoms with Crippen LogP contribution >= 0.6 is 0 Å². The Bertz CT molecular complexity index is 798. The molecule has 0 saturated carbocycles. The average molecular weight is 384 g/mol. The first kappa shape index (κ1) is 20.1. The molecular weight excluding hydrogens is 356 g/mol. The van der Waals surface area contributed by atoms with Gasteiger partial charge in [-0.15, -0.1) is 0 Å². The number of amides is 1. The second-order valence-electron chi connectivity index (χ2n) is 6.77. The number of nitrogens with zero attached hydrogens (tertiary/aromatic N) is 3. The van der Waals surface area contributed by atoms with Crippen LogP contribution in [-0.4, -0.2) is 47.6 Å². The first-order chi connectivity index (χ1) is 13.7. The predicted molar refractivity (Wildman–Crippen MR) is 106 cm³/mol. The van der Waals surface area contributed by atoms with Crippen molar-refractivity contribution < 1.29 is 14.3 Å². The molecule has 0 bridgehead atoms. The van der Waals surface area contributed by atoms with Gasteiger partial charge in [-0.25, -0.2) is 9.97 Å². The standard InChI is InChI=1S/C21H28N4O3/c1-4-17(15-8-6-7-9-19(15)28-5-2)24-20(26)13-25-11-10-18-16(12-25)21(27-3)23-14-22-18/h6-9,14,17H,4-5,10-13H2,1-3H3,(H,24,26). The van der Waals surface area contributed by atoms with Crippen LogP contribution in [0.25, 0.3) is 0 Å². The Morgan fingerprint density at radius 2 is 2.11 bits per heavy atom. The van der Waals surface area contributed by atoms with Crippen LogP contribution < -0.4 is 14.8 Å². The van der Waals surface area contributed by atoms with Crippen molar-refractivity contribution in [2.24, 2.45) is 0 Å². The number of fused-ring (bicyclic) bond motifs is 1. The minimum atomic E-state index is -0.0785. The lowest BCUT2D eigenvalue weighted by molar-refractivity contribution is -0.123. The van der Waals surface area contributed by atoms with E-state index in [-0.39, 0.29) is 11.9 Å². The molecule has 1 aromatic carbocycles. The van der Waals surface area contributed by atoms with E-state index >= 15 is 0 Å². The largest absolute Gasteiger partial charge is 0.494 e. The zero-order valence-electron chi connectivity index (χ0n) is 16.8. The van der Waals surface area contributed by atoms with E-state index in [0.717, 1.165) is 42.0 Å². The summed E-state index contributed by atoms with van der Waals surface area (Å²) in [5, 5.41) is 3.16. The molecule has 1 aromatic heterocycles. The maximum absolute atomic E-state index is 12.7. The van der Waals surface area contributed by atoms with Crippen molar-refractivity contribution in [3.05, 3.63) is 47.4 Å². The zero-order valence-corrected chi connectivity index (χ0v) is 16.8. The molecule has 1 amide bonds. The first-order valence-electron chi connectivity index (χ1n) is 9.76. The minimum absolute atomic E-state index is 0.00239. The molecule has 28 heavy (non-hydrogen) atoms. The highest BCUT2D eigenvalue weighted by atomic mass is 16.5. The van der Waals surface area contributed by atoms with Crippen LogP contribution in [0.2, 0.25) is 0 Å². The highest BCUT2D eigenvalue weighted by molar-refractivity contribution is 5.78. The number of nitrogens with one attached hydrogen (secondary N) is 1. The fourth-order valence-electron chi connectivity index (χ4n) is 3.58. The molecule has 0 spiro atoms. The lowest BCUT2D eigenvalue weighted by atomic mass is 10.0. The van der Waals surface area contributed by atoms with E-state index in [9.17, 15) is 4.79 Å². The average Bonchev–Trinajstić information content (AvgIpc) is 2.72. The van der Waals surface area contributed by atoms with Gasteiger partial charge in [0, 0.05) is 30.6 Å². The van der Waals surface area contributed by atoms with Crippen molar-refractivity contribution in [3.8, 4) is 11.6 Å². The van der Waals surface area contributed by atoms with Crippen molar-refractivity contribution in [1.29, 1.82) is 0 Å². The molecular formula is C21H28N4O3. The quantitative estimate of drug-likeness (QED) is 0.754. The van der Waals surface area contributed by atoms with Crippen molar-refractivity contribution in [1.82, 2.24) is 20.2 Å². The molecule has 7 heteroatoms. The van der Waals surface area contributed by atoms with Gasteiger partial charge in [-0.2, -0.15) is 0 Å². The molecule has 0 saturated heterocycles. The summed E-state index contributed by atoms with van der Waals surface area (Å²) in [5.74, 6) is 1.41. The maximum Gasteiger partial charge on any atom is 0.234 e. The molecule has 0 radical (unpaired) electrons. The van der Waals surface area contributed by atoms with E-state index in [1.165, 1.54) is 6.33 Å². The van der Waals surface area contributed by atoms with Gasteiger partial charge in [0.1, 0.15) is 12.1 Å². The van der Waals surface area contributed by atoms with Crippen LogP contribution in [0.4, 0.5) is 0 Å². The van der Waals surface area contributed by atoms with Crippen LogP contribution in [0.5, 0.6) is 11.6 Å². The predicted octanol–water partition coefficient (Wildman–Crippen LogP) is 2.51. The van der Waals surface area contributed by atoms with E-state index in [4.69, 9.17) is 9.47 Å². The summed E-state index contributed by atoms with van der Waals surface area (Å²) >= 11 is 0. The highest BCUT2D eigenvalue weighted by Gasteiger charge is 2.24. The third-order valence-electron chi connectivity index (χ3n) is 4.94. The molecule has 150 valence electrons. The number of aromatic nitrogens is 2. The summed E-state index contributed by atoms with van der Waals surface area (Å²) in [6.45, 7) is 6.34. The second-order valence-corrected chi connectivity index (χ2v) is 6.77. The Labute approximate surface area is 166 Å². The number of ether oxygens (including phenoxy) is 2. The SMILES string of the molecule is CCOc1ccccc1C(CC)NC(=O)CN1CCc2ncnc(OC)c2C1. The molecule has 1 aliphatic heterocycles. The van der Waals surface area contributed by atoms with Gasteiger partial charge >= 0.3 is 0 Å². The summed E-state index contributed by atoms with van der Waals surface area (Å²) in [6, 6.07) is 7.80. The van der Waals surface area contributed by atoms with Crippen molar-refractivity contribution in [2.75, 3.05) is 26.8 Å². The van der Waals surface area contributed by atoms with Gasteiger partial charge in [0.15, 0.2) is 0 Å². The molecule has 2 heterocycles. The lowest BCUT2D eigenvalue weighted by Crippen LogP contribution is -2.41.